The average molecular weight is 528 g/mol. The van der Waals surface area contributed by atoms with Crippen LogP contribution in [0.1, 0.15) is 53.2 Å². The van der Waals surface area contributed by atoms with Crippen LogP contribution < -0.4 is 5.32 Å². The molecule has 2 heterocycles. The fourth-order valence-corrected chi connectivity index (χ4v) is 6.31. The number of alkyl halides is 2. The predicted octanol–water partition coefficient (Wildman–Crippen LogP) is 2.49. The largest absolute Gasteiger partial charge is 0.508 e. The van der Waals surface area contributed by atoms with E-state index in [2.05, 4.69) is 5.32 Å². The number of aryl methyl sites for hydroxylation is 1. The van der Waals surface area contributed by atoms with Gasteiger partial charge in [0.2, 0.25) is 5.91 Å². The van der Waals surface area contributed by atoms with Gasteiger partial charge in [-0.25, -0.2) is 8.78 Å². The lowest BCUT2D eigenvalue weighted by molar-refractivity contribution is -0.190. The van der Waals surface area contributed by atoms with Crippen LogP contribution in [-0.2, 0) is 9.59 Å². The lowest BCUT2D eigenvalue weighted by atomic mass is 9.78. The normalized spacial score (nSPS) is 29.9. The van der Waals surface area contributed by atoms with Gasteiger partial charge in [-0.15, -0.1) is 0 Å². The molecule has 1 saturated carbocycles. The lowest BCUT2D eigenvalue weighted by Crippen LogP contribution is -2.78. The number of likely N-dealkylation sites (tertiary alicyclic amines) is 2. The number of amides is 3. The molecule has 0 spiro atoms. The minimum absolute atomic E-state index is 0.0706. The number of nitrogens with one attached hydrogen (secondary N) is 1. The van der Waals surface area contributed by atoms with Gasteiger partial charge < -0.3 is 25.3 Å². The van der Waals surface area contributed by atoms with E-state index in [4.69, 9.17) is 0 Å². The zero-order valence-electron chi connectivity index (χ0n) is 21.7. The fraction of sp³-hybridized carbons (Fsp3) is 0.464. The summed E-state index contributed by atoms with van der Waals surface area (Å²) in [5.41, 5.74) is -1.43. The van der Waals surface area contributed by atoms with Gasteiger partial charge in [0.05, 0.1) is 12.1 Å². The van der Waals surface area contributed by atoms with E-state index in [1.54, 1.807) is 57.2 Å². The molecule has 3 fully saturated rings. The number of aliphatic hydroxyl groups excluding tert-OH is 1. The van der Waals surface area contributed by atoms with Crippen LogP contribution in [0.15, 0.2) is 42.5 Å². The molecule has 2 saturated heterocycles. The number of carbonyl (C=O) groups is 3. The van der Waals surface area contributed by atoms with Gasteiger partial charge in [-0.05, 0) is 57.4 Å². The van der Waals surface area contributed by atoms with Crippen LogP contribution >= 0.6 is 0 Å². The Hall–Kier alpha value is -3.53. The highest BCUT2D eigenvalue weighted by Crippen LogP contribution is 2.56. The summed E-state index contributed by atoms with van der Waals surface area (Å²) in [7, 11) is 0. The van der Waals surface area contributed by atoms with Crippen molar-refractivity contribution in [3.05, 3.63) is 64.7 Å². The van der Waals surface area contributed by atoms with Crippen molar-refractivity contribution in [2.45, 2.75) is 69.2 Å². The molecule has 0 radical (unpaired) electrons. The Morgan fingerprint density at radius 3 is 2.47 bits per heavy atom. The number of likely N-dealkylation sites (N-methyl/N-ethyl adjacent to an activating group) is 1. The summed E-state index contributed by atoms with van der Waals surface area (Å²) in [5, 5.41) is 24.5. The predicted molar refractivity (Wildman–Crippen MR) is 134 cm³/mol. The molecule has 1 aliphatic carbocycles. The molecule has 2 aromatic rings. The van der Waals surface area contributed by atoms with E-state index >= 15 is 8.78 Å². The zero-order valence-corrected chi connectivity index (χ0v) is 21.7. The minimum Gasteiger partial charge on any atom is -0.508 e. The fourth-order valence-electron chi connectivity index (χ4n) is 6.31. The maximum atomic E-state index is 15.2. The molecule has 5 atom stereocenters. The van der Waals surface area contributed by atoms with Crippen molar-refractivity contribution in [3.63, 3.8) is 0 Å². The molecule has 0 bridgehead atoms. The van der Waals surface area contributed by atoms with Crippen molar-refractivity contribution in [1.82, 2.24) is 15.1 Å². The molecule has 202 valence electrons. The lowest BCUT2D eigenvalue weighted by Gasteiger charge is -2.54. The molecular weight excluding hydrogens is 496 g/mol. The number of benzene rings is 2. The van der Waals surface area contributed by atoms with Gasteiger partial charge in [0.15, 0.2) is 6.10 Å². The number of fused-ring (bicyclic) bond motifs is 1. The van der Waals surface area contributed by atoms with Crippen molar-refractivity contribution >= 4 is 17.7 Å². The number of hydrogen-bond donors (Lipinski definition) is 3. The molecule has 2 aromatic carbocycles. The van der Waals surface area contributed by atoms with Crippen molar-refractivity contribution in [2.24, 2.45) is 0 Å². The summed E-state index contributed by atoms with van der Waals surface area (Å²) in [6.45, 7) is 5.22. The van der Waals surface area contributed by atoms with E-state index in [1.165, 1.54) is 13.0 Å². The second-order valence-corrected chi connectivity index (χ2v) is 10.8. The number of rotatable bonds is 6. The quantitative estimate of drug-likeness (QED) is 0.500. The van der Waals surface area contributed by atoms with E-state index in [0.717, 1.165) is 15.4 Å². The number of phenolic OH excluding ortho intramolecular Hbond substituents is 1. The molecule has 38 heavy (non-hydrogen) atoms. The van der Waals surface area contributed by atoms with Crippen LogP contribution in [0.25, 0.3) is 0 Å². The van der Waals surface area contributed by atoms with Gasteiger partial charge >= 0.3 is 0 Å². The molecule has 10 heteroatoms. The summed E-state index contributed by atoms with van der Waals surface area (Å²) in [6.07, 6.45) is -1.69. The Morgan fingerprint density at radius 2 is 1.84 bits per heavy atom. The maximum Gasteiger partial charge on any atom is 0.290 e. The second kappa shape index (κ2) is 8.49. The highest BCUT2D eigenvalue weighted by Gasteiger charge is 2.77. The van der Waals surface area contributed by atoms with Crippen LogP contribution in [0.5, 0.6) is 5.75 Å². The first-order valence-electron chi connectivity index (χ1n) is 12.7. The third-order valence-corrected chi connectivity index (χ3v) is 8.66. The first-order valence-corrected chi connectivity index (χ1v) is 12.7. The van der Waals surface area contributed by atoms with Gasteiger partial charge in [0.25, 0.3) is 17.7 Å². The number of nitrogens with zero attached hydrogens (tertiary/aromatic N) is 2. The Bertz CT molecular complexity index is 1340. The van der Waals surface area contributed by atoms with Gasteiger partial charge in [0, 0.05) is 23.6 Å². The highest BCUT2D eigenvalue weighted by molar-refractivity contribution is 6.00. The van der Waals surface area contributed by atoms with Crippen LogP contribution in [0.4, 0.5) is 8.78 Å². The molecular formula is C28H31F2N3O5. The third-order valence-electron chi connectivity index (χ3n) is 8.66. The number of aromatic hydroxyl groups is 1. The van der Waals surface area contributed by atoms with Crippen LogP contribution in [0, 0.1) is 13.8 Å². The van der Waals surface area contributed by atoms with E-state index in [0.29, 0.717) is 11.1 Å². The Kier molecular flexibility index (Phi) is 5.83. The highest BCUT2D eigenvalue weighted by atomic mass is 19.3. The smallest absolute Gasteiger partial charge is 0.290 e. The first-order chi connectivity index (χ1) is 17.8. The summed E-state index contributed by atoms with van der Waals surface area (Å²) >= 11 is 0. The Labute approximate surface area is 219 Å². The summed E-state index contributed by atoms with van der Waals surface area (Å²) in [4.78, 5) is 41.7. The van der Waals surface area contributed by atoms with Crippen molar-refractivity contribution < 1.29 is 33.4 Å². The third kappa shape index (κ3) is 3.46. The van der Waals surface area contributed by atoms with E-state index in [-0.39, 0.29) is 24.3 Å². The Morgan fingerprint density at radius 1 is 1.18 bits per heavy atom. The molecule has 5 rings (SSSR count). The van der Waals surface area contributed by atoms with E-state index < -0.39 is 59.3 Å². The molecule has 4 unspecified atom stereocenters. The average Bonchev–Trinajstić information content (AvgIpc) is 3.56. The number of hydrogen-bond acceptors (Lipinski definition) is 5. The van der Waals surface area contributed by atoms with Gasteiger partial charge in [-0.3, -0.25) is 14.4 Å². The maximum absolute atomic E-state index is 15.2. The first kappa shape index (κ1) is 26.1. The topological polar surface area (TPSA) is 110 Å². The number of phenols is 1. The molecule has 0 aromatic heterocycles. The molecule has 3 amide bonds. The van der Waals surface area contributed by atoms with Crippen LogP contribution in [-0.4, -0.2) is 80.0 Å². The number of aliphatic hydroxyl groups is 1. The molecule has 3 aliphatic rings. The molecule has 2 aliphatic heterocycles. The summed E-state index contributed by atoms with van der Waals surface area (Å²) in [6, 6.07) is 10.7. The van der Waals surface area contributed by atoms with Gasteiger partial charge in [-0.2, -0.15) is 0 Å². The van der Waals surface area contributed by atoms with Crippen LogP contribution in [0.2, 0.25) is 0 Å². The minimum atomic E-state index is -3.37. The molecule has 8 nitrogen and oxygen atoms in total. The van der Waals surface area contributed by atoms with Gasteiger partial charge in [-0.1, -0.05) is 30.3 Å². The summed E-state index contributed by atoms with van der Waals surface area (Å²) in [5.74, 6) is -6.13. The SMILES string of the molecule is CCN1C(=O)[C@H]2N(C(=O)C(O)C3(NC(=O)c4cc(C)cc(O)c4C)CC3c3ccccc3)CC(F)(F)C21C. The van der Waals surface area contributed by atoms with Crippen molar-refractivity contribution in [2.75, 3.05) is 13.1 Å². The standard InChI is InChI=1S/C28H31F2N3O5/c1-5-33-24(37)21-26(33,4)28(29,30)14-32(21)25(38)22(35)27(13-19(27)17-9-7-6-8-10-17)31-23(36)18-11-15(2)12-20(34)16(18)3/h6-12,19,21-22,34-35H,5,13-14H2,1-4H3,(H,31,36)/t19?,21-,22?,26?,27?/m1/s1. The van der Waals surface area contributed by atoms with Crippen LogP contribution in [0.3, 0.4) is 0 Å². The number of halogens is 2. The second-order valence-electron chi connectivity index (χ2n) is 10.8. The summed E-state index contributed by atoms with van der Waals surface area (Å²) < 4.78 is 30.3. The van der Waals surface area contributed by atoms with Crippen molar-refractivity contribution in [3.8, 4) is 5.75 Å². The van der Waals surface area contributed by atoms with Crippen molar-refractivity contribution in [1.29, 1.82) is 0 Å². The van der Waals surface area contributed by atoms with Gasteiger partial charge in [0.1, 0.15) is 17.3 Å². The zero-order chi connectivity index (χ0) is 27.8. The number of β-lactam (4-membered cyclic amide) rings is 1. The monoisotopic (exact) mass is 527 g/mol. The van der Waals surface area contributed by atoms with E-state index in [1.807, 2.05) is 0 Å². The number of carbonyl (C=O) groups excluding carboxylic acids is 3. The van der Waals surface area contributed by atoms with E-state index in [9.17, 15) is 24.6 Å². The molecule has 3 N–H and O–H groups in total. The Balaban J connectivity index is 1.49.